The zero-order valence-corrected chi connectivity index (χ0v) is 18.2. The second kappa shape index (κ2) is 7.41. The molecule has 0 aliphatic carbocycles. The van der Waals surface area contributed by atoms with E-state index in [-0.39, 0.29) is 17.7 Å². The van der Waals surface area contributed by atoms with Gasteiger partial charge in [0.25, 0.3) is 0 Å². The van der Waals surface area contributed by atoms with E-state index < -0.39 is 11.6 Å². The van der Waals surface area contributed by atoms with E-state index in [9.17, 15) is 14.3 Å². The summed E-state index contributed by atoms with van der Waals surface area (Å²) in [6.45, 7) is 6.17. The normalized spacial score (nSPS) is 21.6. The molecule has 8 heteroatoms. The van der Waals surface area contributed by atoms with E-state index >= 15 is 0 Å². The summed E-state index contributed by atoms with van der Waals surface area (Å²) in [5, 5.41) is 17.5. The molecule has 1 aromatic carbocycles. The highest BCUT2D eigenvalue weighted by Crippen LogP contribution is 2.43. The van der Waals surface area contributed by atoms with Gasteiger partial charge < -0.3 is 14.4 Å². The van der Waals surface area contributed by atoms with Crippen molar-refractivity contribution in [2.75, 3.05) is 6.61 Å². The van der Waals surface area contributed by atoms with E-state index in [1.54, 1.807) is 25.3 Å². The zero-order chi connectivity index (χ0) is 22.6. The lowest BCUT2D eigenvalue weighted by Gasteiger charge is -2.35. The van der Waals surface area contributed by atoms with Crippen LogP contribution in [0.15, 0.2) is 36.5 Å². The number of hydrogen-bond acceptors (Lipinski definition) is 4. The number of halogens is 1. The van der Waals surface area contributed by atoms with Gasteiger partial charge in [0.05, 0.1) is 23.8 Å². The average Bonchev–Trinajstić information content (AvgIpc) is 3.35. The smallest absolute Gasteiger partial charge is 0.335 e. The number of aromatic amines is 1. The topological polar surface area (TPSA) is 93.0 Å². The molecule has 0 saturated carbocycles. The Balaban J connectivity index is 1.75. The van der Waals surface area contributed by atoms with Crippen molar-refractivity contribution in [2.45, 2.75) is 51.0 Å². The van der Waals surface area contributed by atoms with E-state index in [4.69, 9.17) is 9.72 Å². The number of pyridine rings is 1. The first-order valence-electron chi connectivity index (χ1n) is 10.8. The summed E-state index contributed by atoms with van der Waals surface area (Å²) in [5.41, 5.74) is 4.25. The number of benzene rings is 1. The van der Waals surface area contributed by atoms with Crippen molar-refractivity contribution >= 4 is 28.0 Å². The highest BCUT2D eigenvalue weighted by molar-refractivity contribution is 5.93. The number of hydrogen-bond donors (Lipinski definition) is 2. The molecule has 4 heterocycles. The van der Waals surface area contributed by atoms with Crippen molar-refractivity contribution in [1.29, 1.82) is 0 Å². The third kappa shape index (κ3) is 3.17. The predicted octanol–water partition coefficient (Wildman–Crippen LogP) is 4.90. The lowest BCUT2D eigenvalue weighted by atomic mass is 9.84. The van der Waals surface area contributed by atoms with Crippen LogP contribution in [0.5, 0.6) is 0 Å². The van der Waals surface area contributed by atoms with E-state index in [0.29, 0.717) is 25.1 Å². The SMILES string of the molecule is CC(C)c1c([C@H]2CC[C@](C)(C(=O)O)OC2)c2nc3[nH]ncc3cc2n1-c1ccc(F)cc1. The minimum absolute atomic E-state index is 0.00288. The van der Waals surface area contributed by atoms with Crippen LogP contribution in [0.25, 0.3) is 27.8 Å². The van der Waals surface area contributed by atoms with Crippen LogP contribution in [0.2, 0.25) is 0 Å². The Morgan fingerprint density at radius 2 is 2.09 bits per heavy atom. The summed E-state index contributed by atoms with van der Waals surface area (Å²) in [7, 11) is 0. The van der Waals surface area contributed by atoms with Gasteiger partial charge in [-0.25, -0.2) is 14.2 Å². The van der Waals surface area contributed by atoms with E-state index in [2.05, 4.69) is 28.6 Å². The van der Waals surface area contributed by atoms with Gasteiger partial charge in [0.2, 0.25) is 0 Å². The molecule has 4 aromatic rings. The van der Waals surface area contributed by atoms with Gasteiger partial charge in [0.1, 0.15) is 5.82 Å². The molecule has 0 radical (unpaired) electrons. The summed E-state index contributed by atoms with van der Waals surface area (Å²) < 4.78 is 21.7. The molecule has 1 aliphatic rings. The number of nitrogens with zero attached hydrogens (tertiary/aromatic N) is 3. The first kappa shape index (κ1) is 20.6. The fourth-order valence-electron chi connectivity index (χ4n) is 4.73. The first-order valence-corrected chi connectivity index (χ1v) is 10.8. The Morgan fingerprint density at radius 3 is 2.72 bits per heavy atom. The molecule has 1 aliphatic heterocycles. The van der Waals surface area contributed by atoms with Crippen molar-refractivity contribution < 1.29 is 19.0 Å². The Labute approximate surface area is 184 Å². The maximum atomic E-state index is 13.7. The molecule has 166 valence electrons. The van der Waals surface area contributed by atoms with E-state index in [1.165, 1.54) is 12.1 Å². The van der Waals surface area contributed by atoms with Gasteiger partial charge >= 0.3 is 5.97 Å². The minimum Gasteiger partial charge on any atom is -0.479 e. The molecule has 32 heavy (non-hydrogen) atoms. The van der Waals surface area contributed by atoms with Crippen LogP contribution in [-0.2, 0) is 9.53 Å². The Hall–Kier alpha value is -3.26. The van der Waals surface area contributed by atoms with Crippen LogP contribution >= 0.6 is 0 Å². The summed E-state index contributed by atoms with van der Waals surface area (Å²) >= 11 is 0. The standard InChI is InChI=1S/C24H25FN4O3/c1-13(2)21-19(14-8-9-24(3,23(30)31)32-12-14)20-18(10-15-11-26-28-22(15)27-20)29(21)17-6-4-16(25)5-7-17/h4-7,10-11,13-14H,8-9,12H2,1-3H3,(H,30,31)(H,26,27,28)/t14-,24+/m0/s1. The van der Waals surface area contributed by atoms with Crippen molar-refractivity contribution in [3.8, 4) is 5.69 Å². The predicted molar refractivity (Wildman–Crippen MR) is 119 cm³/mol. The number of nitrogens with one attached hydrogen (secondary N) is 1. The summed E-state index contributed by atoms with van der Waals surface area (Å²) in [4.78, 5) is 16.6. The van der Waals surface area contributed by atoms with E-state index in [1.807, 2.05) is 6.07 Å². The van der Waals surface area contributed by atoms with Gasteiger partial charge in [-0.3, -0.25) is 5.10 Å². The van der Waals surface area contributed by atoms with Crippen LogP contribution in [-0.4, -0.2) is 43.0 Å². The maximum Gasteiger partial charge on any atom is 0.335 e. The number of ether oxygens (including phenoxy) is 1. The molecule has 5 rings (SSSR count). The molecule has 0 unspecified atom stereocenters. The average molecular weight is 436 g/mol. The molecule has 2 N–H and O–H groups in total. The molecule has 3 aromatic heterocycles. The number of fused-ring (bicyclic) bond motifs is 2. The minimum atomic E-state index is -1.17. The van der Waals surface area contributed by atoms with Crippen LogP contribution in [0.3, 0.4) is 0 Å². The lowest BCUT2D eigenvalue weighted by molar-refractivity contribution is -0.170. The molecule has 7 nitrogen and oxygen atoms in total. The van der Waals surface area contributed by atoms with Gasteiger partial charge in [-0.05, 0) is 56.0 Å². The number of carboxylic acid groups (broad SMARTS) is 1. The Bertz CT molecular complexity index is 1310. The fraction of sp³-hybridized carbons (Fsp3) is 0.375. The molecule has 2 atom stereocenters. The Kier molecular flexibility index (Phi) is 4.78. The monoisotopic (exact) mass is 436 g/mol. The van der Waals surface area contributed by atoms with Crippen molar-refractivity contribution in [2.24, 2.45) is 0 Å². The molecule has 0 bridgehead atoms. The maximum absolute atomic E-state index is 13.7. The summed E-state index contributed by atoms with van der Waals surface area (Å²) in [5.74, 6) is -1.09. The number of carbonyl (C=O) groups is 1. The third-order valence-electron chi connectivity index (χ3n) is 6.48. The highest BCUT2D eigenvalue weighted by atomic mass is 19.1. The summed E-state index contributed by atoms with van der Waals surface area (Å²) in [6, 6.07) is 8.49. The van der Waals surface area contributed by atoms with Crippen LogP contribution < -0.4 is 0 Å². The zero-order valence-electron chi connectivity index (χ0n) is 18.2. The van der Waals surface area contributed by atoms with Crippen molar-refractivity contribution in [3.63, 3.8) is 0 Å². The van der Waals surface area contributed by atoms with Gasteiger partial charge in [-0.15, -0.1) is 0 Å². The molecule has 0 spiro atoms. The molecule has 0 amide bonds. The highest BCUT2D eigenvalue weighted by Gasteiger charge is 2.41. The molecular weight excluding hydrogens is 411 g/mol. The first-order chi connectivity index (χ1) is 15.3. The summed E-state index contributed by atoms with van der Waals surface area (Å²) in [6.07, 6.45) is 2.83. The van der Waals surface area contributed by atoms with Gasteiger partial charge in [-0.2, -0.15) is 5.10 Å². The van der Waals surface area contributed by atoms with Crippen LogP contribution in [0.1, 0.15) is 56.7 Å². The van der Waals surface area contributed by atoms with Crippen molar-refractivity contribution in [1.82, 2.24) is 19.7 Å². The van der Waals surface area contributed by atoms with Crippen LogP contribution in [0, 0.1) is 5.82 Å². The molecule has 1 saturated heterocycles. The lowest BCUT2D eigenvalue weighted by Crippen LogP contribution is -2.43. The molecular formula is C24H25FN4O3. The number of aliphatic carboxylic acids is 1. The Morgan fingerprint density at radius 1 is 1.34 bits per heavy atom. The largest absolute Gasteiger partial charge is 0.479 e. The van der Waals surface area contributed by atoms with Crippen LogP contribution in [0.4, 0.5) is 4.39 Å². The second-order valence-corrected chi connectivity index (χ2v) is 9.01. The number of aromatic nitrogens is 4. The second-order valence-electron chi connectivity index (χ2n) is 9.01. The van der Waals surface area contributed by atoms with Gasteiger partial charge in [-0.1, -0.05) is 13.8 Å². The van der Waals surface area contributed by atoms with E-state index in [0.717, 1.165) is 33.4 Å². The number of carboxylic acids is 1. The molecule has 1 fully saturated rings. The van der Waals surface area contributed by atoms with Gasteiger partial charge in [0.15, 0.2) is 11.2 Å². The fourth-order valence-corrected chi connectivity index (χ4v) is 4.73. The van der Waals surface area contributed by atoms with Crippen molar-refractivity contribution in [3.05, 3.63) is 53.6 Å². The number of H-pyrrole nitrogens is 1. The number of rotatable bonds is 4. The third-order valence-corrected chi connectivity index (χ3v) is 6.48. The van der Waals surface area contributed by atoms with Gasteiger partial charge in [0, 0.05) is 28.2 Å². The quantitative estimate of drug-likeness (QED) is 0.475.